The average Bonchev–Trinajstić information content (AvgIpc) is 2.77. The van der Waals surface area contributed by atoms with Gasteiger partial charge in [-0.3, -0.25) is 9.59 Å². The molecule has 1 aromatic heterocycles. The monoisotopic (exact) mass is 476 g/mol. The molecule has 0 atom stereocenters. The molecule has 0 aliphatic rings. The molecule has 4 rings (SSSR count). The van der Waals surface area contributed by atoms with E-state index >= 15 is 0 Å². The molecular weight excluding hydrogens is 455 g/mol. The number of hydrogen-bond acceptors (Lipinski definition) is 2. The summed E-state index contributed by atoms with van der Waals surface area (Å²) < 4.78 is 1.86. The third-order valence-corrected chi connectivity index (χ3v) is 6.14. The summed E-state index contributed by atoms with van der Waals surface area (Å²) in [4.78, 5) is 26.9. The molecule has 166 valence electrons. The van der Waals surface area contributed by atoms with Gasteiger partial charge in [0.15, 0.2) is 5.43 Å². The molecule has 1 amide bonds. The second-order valence-electron chi connectivity index (χ2n) is 7.89. The molecule has 0 bridgehead atoms. The van der Waals surface area contributed by atoms with Crippen LogP contribution in [0.15, 0.2) is 77.6 Å². The number of pyridine rings is 1. The van der Waals surface area contributed by atoms with Crippen LogP contribution in [0.25, 0.3) is 16.9 Å². The number of hydrogen-bond donors (Lipinski definition) is 1. The Bertz CT molecular complexity index is 1400. The van der Waals surface area contributed by atoms with Crippen molar-refractivity contribution in [3.05, 3.63) is 115 Å². The van der Waals surface area contributed by atoms with E-state index in [-0.39, 0.29) is 11.0 Å². The van der Waals surface area contributed by atoms with Crippen molar-refractivity contribution in [2.75, 3.05) is 5.32 Å². The van der Waals surface area contributed by atoms with Gasteiger partial charge in [0, 0.05) is 38.7 Å². The molecule has 0 fully saturated rings. The maximum absolute atomic E-state index is 13.6. The summed E-state index contributed by atoms with van der Waals surface area (Å²) in [6.07, 6.45) is 0. The van der Waals surface area contributed by atoms with Crippen LogP contribution in [0.1, 0.15) is 27.2 Å². The summed E-state index contributed by atoms with van der Waals surface area (Å²) in [5.41, 5.74) is 4.58. The van der Waals surface area contributed by atoms with Crippen LogP contribution in [0.5, 0.6) is 0 Å². The zero-order valence-corrected chi connectivity index (χ0v) is 20.0. The van der Waals surface area contributed by atoms with E-state index in [2.05, 4.69) is 5.32 Å². The highest BCUT2D eigenvalue weighted by molar-refractivity contribution is 6.33. The standard InChI is InChI=1S/C27H22Cl2N2O2/c1-16-7-6-8-17(2)25(16)30-27(33)24-23(32)15-18(3)31(20-13-11-19(28)12-14-20)26(24)21-9-4-5-10-22(21)29/h4-15H,1-3H3,(H,30,33). The summed E-state index contributed by atoms with van der Waals surface area (Å²) in [5, 5.41) is 3.98. The Labute approximate surface area is 202 Å². The van der Waals surface area contributed by atoms with Gasteiger partial charge in [0.1, 0.15) is 5.56 Å². The number of halogens is 2. The zero-order chi connectivity index (χ0) is 23.7. The number of anilines is 1. The first-order valence-electron chi connectivity index (χ1n) is 10.4. The first-order chi connectivity index (χ1) is 15.8. The molecule has 1 N–H and O–H groups in total. The third-order valence-electron chi connectivity index (χ3n) is 5.56. The van der Waals surface area contributed by atoms with E-state index in [0.717, 1.165) is 16.8 Å². The van der Waals surface area contributed by atoms with E-state index in [1.165, 1.54) is 6.07 Å². The quantitative estimate of drug-likeness (QED) is 0.345. The molecular formula is C27H22Cl2N2O2. The van der Waals surface area contributed by atoms with Crippen LogP contribution in [0.2, 0.25) is 10.0 Å². The normalized spacial score (nSPS) is 10.8. The van der Waals surface area contributed by atoms with Crippen LogP contribution in [0, 0.1) is 20.8 Å². The lowest BCUT2D eigenvalue weighted by Crippen LogP contribution is -2.26. The predicted octanol–water partition coefficient (Wildman–Crippen LogP) is 6.99. The van der Waals surface area contributed by atoms with Crippen molar-refractivity contribution in [2.24, 2.45) is 0 Å². The Morgan fingerprint density at radius 2 is 1.48 bits per heavy atom. The number of carbonyl (C=O) groups is 1. The summed E-state index contributed by atoms with van der Waals surface area (Å²) in [7, 11) is 0. The lowest BCUT2D eigenvalue weighted by molar-refractivity contribution is 0.102. The second kappa shape index (κ2) is 9.26. The molecule has 6 heteroatoms. The molecule has 33 heavy (non-hydrogen) atoms. The smallest absolute Gasteiger partial charge is 0.261 e. The van der Waals surface area contributed by atoms with Gasteiger partial charge in [-0.2, -0.15) is 0 Å². The molecule has 0 unspecified atom stereocenters. The van der Waals surface area contributed by atoms with Crippen molar-refractivity contribution >= 4 is 34.8 Å². The molecule has 0 aliphatic carbocycles. The van der Waals surface area contributed by atoms with E-state index < -0.39 is 5.91 Å². The third kappa shape index (κ3) is 4.45. The minimum absolute atomic E-state index is 0.0197. The summed E-state index contributed by atoms with van der Waals surface area (Å²) in [6, 6.07) is 21.6. The van der Waals surface area contributed by atoms with E-state index in [1.807, 2.05) is 67.8 Å². The van der Waals surface area contributed by atoms with Gasteiger partial charge in [-0.1, -0.05) is 59.6 Å². The van der Waals surface area contributed by atoms with Crippen molar-refractivity contribution in [2.45, 2.75) is 20.8 Å². The van der Waals surface area contributed by atoms with Crippen LogP contribution in [0.4, 0.5) is 5.69 Å². The molecule has 4 nitrogen and oxygen atoms in total. The number of carbonyl (C=O) groups excluding carboxylic acids is 1. The number of rotatable bonds is 4. The van der Waals surface area contributed by atoms with Crippen LogP contribution in [0.3, 0.4) is 0 Å². The Hall–Kier alpha value is -3.34. The molecule has 0 spiro atoms. The maximum Gasteiger partial charge on any atom is 0.261 e. The van der Waals surface area contributed by atoms with Gasteiger partial charge in [0.25, 0.3) is 5.91 Å². The topological polar surface area (TPSA) is 51.1 Å². The van der Waals surface area contributed by atoms with Gasteiger partial charge in [-0.05, 0) is 62.2 Å². The number of amides is 1. The van der Waals surface area contributed by atoms with E-state index in [9.17, 15) is 9.59 Å². The second-order valence-corrected chi connectivity index (χ2v) is 8.73. The van der Waals surface area contributed by atoms with E-state index in [4.69, 9.17) is 23.2 Å². The highest BCUT2D eigenvalue weighted by Gasteiger charge is 2.24. The van der Waals surface area contributed by atoms with E-state index in [0.29, 0.717) is 32.7 Å². The number of benzene rings is 3. The van der Waals surface area contributed by atoms with Gasteiger partial charge >= 0.3 is 0 Å². The lowest BCUT2D eigenvalue weighted by atomic mass is 10.0. The summed E-state index contributed by atoms with van der Waals surface area (Å²) >= 11 is 12.7. The van der Waals surface area contributed by atoms with Crippen molar-refractivity contribution < 1.29 is 4.79 Å². The molecule has 0 radical (unpaired) electrons. The largest absolute Gasteiger partial charge is 0.321 e. The number of aryl methyl sites for hydroxylation is 3. The molecule has 0 saturated heterocycles. The highest BCUT2D eigenvalue weighted by atomic mass is 35.5. The lowest BCUT2D eigenvalue weighted by Gasteiger charge is -2.21. The van der Waals surface area contributed by atoms with Gasteiger partial charge in [-0.15, -0.1) is 0 Å². The van der Waals surface area contributed by atoms with Gasteiger partial charge in [0.05, 0.1) is 5.69 Å². The average molecular weight is 477 g/mol. The predicted molar refractivity (Wildman–Crippen MR) is 136 cm³/mol. The maximum atomic E-state index is 13.6. The first-order valence-corrected chi connectivity index (χ1v) is 11.2. The van der Waals surface area contributed by atoms with Gasteiger partial charge < -0.3 is 9.88 Å². The van der Waals surface area contributed by atoms with Crippen molar-refractivity contribution in [1.29, 1.82) is 0 Å². The SMILES string of the molecule is Cc1cccc(C)c1NC(=O)c1c(-c2ccccc2Cl)n(-c2ccc(Cl)cc2)c(C)cc1=O. The van der Waals surface area contributed by atoms with E-state index in [1.54, 1.807) is 24.3 Å². The van der Waals surface area contributed by atoms with Crippen LogP contribution in [-0.4, -0.2) is 10.5 Å². The van der Waals surface area contributed by atoms with Crippen molar-refractivity contribution in [3.8, 4) is 16.9 Å². The van der Waals surface area contributed by atoms with Gasteiger partial charge in [0.2, 0.25) is 0 Å². The fourth-order valence-electron chi connectivity index (χ4n) is 3.97. The minimum Gasteiger partial charge on any atom is -0.321 e. The number of nitrogens with one attached hydrogen (secondary N) is 1. The van der Waals surface area contributed by atoms with Crippen molar-refractivity contribution in [3.63, 3.8) is 0 Å². The number of para-hydroxylation sites is 1. The van der Waals surface area contributed by atoms with Crippen LogP contribution >= 0.6 is 23.2 Å². The molecule has 0 aliphatic heterocycles. The fourth-order valence-corrected chi connectivity index (χ4v) is 4.32. The minimum atomic E-state index is -0.491. The van der Waals surface area contributed by atoms with Crippen LogP contribution < -0.4 is 10.7 Å². The first kappa shape index (κ1) is 22.8. The zero-order valence-electron chi connectivity index (χ0n) is 18.4. The Morgan fingerprint density at radius 3 is 2.12 bits per heavy atom. The molecule has 1 heterocycles. The highest BCUT2D eigenvalue weighted by Crippen LogP contribution is 2.33. The number of nitrogens with zero attached hydrogens (tertiary/aromatic N) is 1. The summed E-state index contributed by atoms with van der Waals surface area (Å²) in [5.74, 6) is -0.491. The fraction of sp³-hybridized carbons (Fsp3) is 0.111. The molecule has 4 aromatic rings. The number of aromatic nitrogens is 1. The van der Waals surface area contributed by atoms with Gasteiger partial charge in [-0.25, -0.2) is 0 Å². The molecule has 0 saturated carbocycles. The Morgan fingerprint density at radius 1 is 0.848 bits per heavy atom. The Kier molecular flexibility index (Phi) is 6.41. The Balaban J connectivity index is 2.02. The summed E-state index contributed by atoms with van der Waals surface area (Å²) in [6.45, 7) is 5.65. The van der Waals surface area contributed by atoms with Crippen molar-refractivity contribution in [1.82, 2.24) is 4.57 Å². The van der Waals surface area contributed by atoms with Crippen LogP contribution in [-0.2, 0) is 0 Å². The molecule has 3 aromatic carbocycles.